The molecule has 1 aromatic heterocycles. The van der Waals surface area contributed by atoms with Crippen LogP contribution in [-0.2, 0) is 5.75 Å². The van der Waals surface area contributed by atoms with Crippen molar-refractivity contribution in [3.63, 3.8) is 0 Å². The summed E-state index contributed by atoms with van der Waals surface area (Å²) >= 11 is 1.51. The Hall–Kier alpha value is -1.24. The van der Waals surface area contributed by atoms with E-state index in [1.807, 2.05) is 13.0 Å². The van der Waals surface area contributed by atoms with Gasteiger partial charge in [-0.2, -0.15) is 0 Å². The minimum Gasteiger partial charge on any atom is -0.468 e. The minimum atomic E-state index is -1.65. The van der Waals surface area contributed by atoms with Gasteiger partial charge in [0.2, 0.25) is 0 Å². The quantitative estimate of drug-likeness (QED) is 0.653. The van der Waals surface area contributed by atoms with E-state index < -0.39 is 12.9 Å². The van der Waals surface area contributed by atoms with Crippen LogP contribution in [0.4, 0.5) is 4.39 Å². The van der Waals surface area contributed by atoms with Crippen molar-refractivity contribution in [3.8, 4) is 0 Å². The lowest BCUT2D eigenvalue weighted by molar-refractivity contribution is 0.425. The van der Waals surface area contributed by atoms with Crippen LogP contribution in [0, 0.1) is 12.7 Å². The van der Waals surface area contributed by atoms with Gasteiger partial charge < -0.3 is 14.5 Å². The van der Waals surface area contributed by atoms with E-state index in [9.17, 15) is 4.39 Å². The van der Waals surface area contributed by atoms with E-state index in [1.54, 1.807) is 12.3 Å². The maximum atomic E-state index is 13.3. The lowest BCUT2D eigenvalue weighted by Crippen LogP contribution is -2.30. The predicted octanol–water partition coefficient (Wildman–Crippen LogP) is 1.70. The molecular formula is C12H12BFO3S. The molecule has 2 rings (SSSR count). The third kappa shape index (κ3) is 3.16. The molecule has 0 saturated heterocycles. The average molecular weight is 266 g/mol. The summed E-state index contributed by atoms with van der Waals surface area (Å²) in [4.78, 5) is 0.991. The molecule has 0 aliphatic heterocycles. The Labute approximate surface area is 109 Å². The fraction of sp³-hybridized carbons (Fsp3) is 0.167. The summed E-state index contributed by atoms with van der Waals surface area (Å²) in [5.41, 5.74) is 0.859. The van der Waals surface area contributed by atoms with Crippen LogP contribution in [0.1, 0.15) is 11.3 Å². The van der Waals surface area contributed by atoms with Gasteiger partial charge in [0.05, 0.1) is 6.26 Å². The minimum absolute atomic E-state index is 0.162. The third-order valence-electron chi connectivity index (χ3n) is 2.48. The zero-order chi connectivity index (χ0) is 13.1. The van der Waals surface area contributed by atoms with Gasteiger partial charge >= 0.3 is 7.12 Å². The van der Waals surface area contributed by atoms with Crippen molar-refractivity contribution < 1.29 is 18.9 Å². The molecule has 1 aromatic carbocycles. The molecule has 0 aliphatic carbocycles. The summed E-state index contributed by atoms with van der Waals surface area (Å²) in [6.07, 6.45) is 1.60. The van der Waals surface area contributed by atoms with Crippen LogP contribution in [-0.4, -0.2) is 17.2 Å². The fourth-order valence-corrected chi connectivity index (χ4v) is 2.48. The van der Waals surface area contributed by atoms with Gasteiger partial charge in [-0.05, 0) is 36.1 Å². The summed E-state index contributed by atoms with van der Waals surface area (Å²) in [5, 5.41) is 18.1. The molecule has 6 heteroatoms. The molecule has 0 fully saturated rings. The second-order valence-corrected chi connectivity index (χ2v) is 4.91. The van der Waals surface area contributed by atoms with Gasteiger partial charge in [-0.1, -0.05) is 6.07 Å². The van der Waals surface area contributed by atoms with Gasteiger partial charge in [-0.25, -0.2) is 4.39 Å². The Morgan fingerprint density at radius 1 is 1.33 bits per heavy atom. The SMILES string of the molecule is Cc1occc1SCc1cc(F)cc(B(O)O)c1. The highest BCUT2D eigenvalue weighted by Gasteiger charge is 2.13. The first kappa shape index (κ1) is 13.2. The highest BCUT2D eigenvalue weighted by molar-refractivity contribution is 7.98. The maximum absolute atomic E-state index is 13.3. The molecule has 2 N–H and O–H groups in total. The lowest BCUT2D eigenvalue weighted by atomic mass is 9.79. The molecule has 1 heterocycles. The van der Waals surface area contributed by atoms with E-state index in [-0.39, 0.29) is 5.46 Å². The Morgan fingerprint density at radius 3 is 2.72 bits per heavy atom. The molecule has 94 valence electrons. The van der Waals surface area contributed by atoms with Crippen LogP contribution in [0.3, 0.4) is 0 Å². The fourth-order valence-electron chi connectivity index (χ4n) is 1.59. The summed E-state index contributed by atoms with van der Waals surface area (Å²) in [6.45, 7) is 1.86. The molecule has 0 unspecified atom stereocenters. The highest BCUT2D eigenvalue weighted by atomic mass is 32.2. The summed E-state index contributed by atoms with van der Waals surface area (Å²) in [5.74, 6) is 0.886. The number of halogens is 1. The van der Waals surface area contributed by atoms with Gasteiger partial charge in [0.15, 0.2) is 0 Å². The highest BCUT2D eigenvalue weighted by Crippen LogP contribution is 2.26. The normalized spacial score (nSPS) is 10.7. The van der Waals surface area contributed by atoms with Crippen molar-refractivity contribution in [1.29, 1.82) is 0 Å². The number of hydrogen-bond acceptors (Lipinski definition) is 4. The molecule has 0 spiro atoms. The van der Waals surface area contributed by atoms with Crippen LogP contribution in [0.5, 0.6) is 0 Å². The van der Waals surface area contributed by atoms with Gasteiger partial charge in [0.1, 0.15) is 11.6 Å². The number of benzene rings is 1. The molecule has 0 amide bonds. The Bertz CT molecular complexity index is 542. The molecule has 3 nitrogen and oxygen atoms in total. The van der Waals surface area contributed by atoms with E-state index in [1.165, 1.54) is 17.8 Å². The first-order valence-corrected chi connectivity index (χ1v) is 6.37. The van der Waals surface area contributed by atoms with Crippen molar-refractivity contribution in [2.75, 3.05) is 0 Å². The predicted molar refractivity (Wildman–Crippen MR) is 69.2 cm³/mol. The first-order chi connectivity index (χ1) is 8.56. The van der Waals surface area contributed by atoms with Gasteiger partial charge in [0, 0.05) is 10.6 Å². The number of hydrogen-bond donors (Lipinski definition) is 2. The molecule has 0 bridgehead atoms. The van der Waals surface area contributed by atoms with Gasteiger partial charge in [-0.15, -0.1) is 11.8 Å². The van der Waals surface area contributed by atoms with E-state index in [4.69, 9.17) is 14.5 Å². The van der Waals surface area contributed by atoms with Crippen LogP contribution in [0.2, 0.25) is 0 Å². The number of aryl methyl sites for hydroxylation is 1. The molecule has 0 radical (unpaired) electrons. The number of furan rings is 1. The Kier molecular flexibility index (Phi) is 4.11. The zero-order valence-corrected chi connectivity index (χ0v) is 10.6. The summed E-state index contributed by atoms with van der Waals surface area (Å²) in [7, 11) is -1.65. The molecule has 0 atom stereocenters. The Balaban J connectivity index is 2.12. The van der Waals surface area contributed by atoms with Crippen molar-refractivity contribution in [3.05, 3.63) is 47.7 Å². The smallest absolute Gasteiger partial charge is 0.468 e. The molecule has 0 saturated carbocycles. The maximum Gasteiger partial charge on any atom is 0.488 e. The number of rotatable bonds is 4. The van der Waals surface area contributed by atoms with Gasteiger partial charge in [0.25, 0.3) is 0 Å². The Morgan fingerprint density at radius 2 is 2.11 bits per heavy atom. The van der Waals surface area contributed by atoms with Crippen LogP contribution in [0.15, 0.2) is 39.8 Å². The van der Waals surface area contributed by atoms with Crippen molar-refractivity contribution in [2.24, 2.45) is 0 Å². The van der Waals surface area contributed by atoms with Crippen molar-refractivity contribution >= 4 is 24.3 Å². The van der Waals surface area contributed by atoms with E-state index in [0.717, 1.165) is 16.7 Å². The average Bonchev–Trinajstić information content (AvgIpc) is 2.71. The number of thioether (sulfide) groups is 1. The summed E-state index contributed by atoms with van der Waals surface area (Å²) < 4.78 is 18.4. The largest absolute Gasteiger partial charge is 0.488 e. The lowest BCUT2D eigenvalue weighted by Gasteiger charge is -2.05. The zero-order valence-electron chi connectivity index (χ0n) is 9.76. The van der Waals surface area contributed by atoms with Crippen molar-refractivity contribution in [1.82, 2.24) is 0 Å². The molecule has 2 aromatic rings. The third-order valence-corrected chi connectivity index (χ3v) is 3.70. The molecular weight excluding hydrogens is 254 g/mol. The van der Waals surface area contributed by atoms with E-state index >= 15 is 0 Å². The van der Waals surface area contributed by atoms with Crippen molar-refractivity contribution in [2.45, 2.75) is 17.6 Å². The second-order valence-electron chi connectivity index (χ2n) is 3.90. The standard InChI is InChI=1S/C12H12BFO3S/c1-8-12(2-3-17-8)18-7-9-4-10(13(15)16)6-11(14)5-9/h2-6,15-16H,7H2,1H3. The van der Waals surface area contributed by atoms with Gasteiger partial charge in [-0.3, -0.25) is 0 Å². The van der Waals surface area contributed by atoms with Crippen LogP contribution in [0.25, 0.3) is 0 Å². The second kappa shape index (κ2) is 5.60. The monoisotopic (exact) mass is 266 g/mol. The van der Waals surface area contributed by atoms with Crippen LogP contribution >= 0.6 is 11.8 Å². The summed E-state index contributed by atoms with van der Waals surface area (Å²) in [6, 6.07) is 5.92. The van der Waals surface area contributed by atoms with E-state index in [2.05, 4.69) is 0 Å². The molecule has 0 aliphatic rings. The molecule has 18 heavy (non-hydrogen) atoms. The topological polar surface area (TPSA) is 53.6 Å². The first-order valence-electron chi connectivity index (χ1n) is 5.38. The van der Waals surface area contributed by atoms with E-state index in [0.29, 0.717) is 11.3 Å². The van der Waals surface area contributed by atoms with Crippen LogP contribution < -0.4 is 5.46 Å².